The number of carbonyl (C=O) groups is 1. The van der Waals surface area contributed by atoms with Gasteiger partial charge in [-0.1, -0.05) is 33.1 Å². The molecule has 106 valence electrons. The molecule has 0 aromatic heterocycles. The van der Waals surface area contributed by atoms with Crippen LogP contribution >= 0.6 is 0 Å². The Labute approximate surface area is 111 Å². The van der Waals surface area contributed by atoms with Crippen molar-refractivity contribution in [2.75, 3.05) is 39.4 Å². The van der Waals surface area contributed by atoms with E-state index < -0.39 is 0 Å². The lowest BCUT2D eigenvalue weighted by Crippen LogP contribution is -2.45. The van der Waals surface area contributed by atoms with Gasteiger partial charge in [-0.2, -0.15) is 0 Å². The molecule has 1 N–H and O–H groups in total. The van der Waals surface area contributed by atoms with Crippen LogP contribution in [0.5, 0.6) is 0 Å². The van der Waals surface area contributed by atoms with E-state index in [4.69, 9.17) is 4.74 Å². The van der Waals surface area contributed by atoms with Gasteiger partial charge < -0.3 is 15.0 Å². The second-order valence-corrected chi connectivity index (χ2v) is 5.04. The molecule has 1 saturated heterocycles. The SMILES string of the molecule is CCCCC(CC)CNCC(=O)N1CCOCC1. The van der Waals surface area contributed by atoms with Gasteiger partial charge in [0.15, 0.2) is 0 Å². The number of hydrogen-bond donors (Lipinski definition) is 1. The average Bonchev–Trinajstić information content (AvgIpc) is 2.43. The van der Waals surface area contributed by atoms with Gasteiger partial charge in [0, 0.05) is 13.1 Å². The molecule has 1 atom stereocenters. The number of ether oxygens (including phenoxy) is 1. The van der Waals surface area contributed by atoms with E-state index in [9.17, 15) is 4.79 Å². The summed E-state index contributed by atoms with van der Waals surface area (Å²) in [5.41, 5.74) is 0. The van der Waals surface area contributed by atoms with Crippen LogP contribution in [0.1, 0.15) is 39.5 Å². The molecule has 0 spiro atoms. The number of amides is 1. The van der Waals surface area contributed by atoms with Crippen molar-refractivity contribution in [3.63, 3.8) is 0 Å². The summed E-state index contributed by atoms with van der Waals surface area (Å²) in [5.74, 6) is 0.922. The Hall–Kier alpha value is -0.610. The maximum Gasteiger partial charge on any atom is 0.236 e. The van der Waals surface area contributed by atoms with E-state index in [0.29, 0.717) is 25.7 Å². The number of hydrogen-bond acceptors (Lipinski definition) is 3. The molecule has 1 aliphatic rings. The van der Waals surface area contributed by atoms with Crippen LogP contribution in [0, 0.1) is 5.92 Å². The number of morpholine rings is 1. The monoisotopic (exact) mass is 256 g/mol. The van der Waals surface area contributed by atoms with Crippen molar-refractivity contribution in [1.82, 2.24) is 10.2 Å². The lowest BCUT2D eigenvalue weighted by Gasteiger charge is -2.27. The first-order chi connectivity index (χ1) is 8.77. The fraction of sp³-hybridized carbons (Fsp3) is 0.929. The number of rotatable bonds is 8. The Balaban J connectivity index is 2.13. The van der Waals surface area contributed by atoms with Crippen molar-refractivity contribution < 1.29 is 9.53 Å². The highest BCUT2D eigenvalue weighted by Crippen LogP contribution is 2.11. The third-order valence-corrected chi connectivity index (χ3v) is 3.62. The molecule has 1 unspecified atom stereocenters. The molecule has 1 heterocycles. The molecule has 1 rings (SSSR count). The minimum atomic E-state index is 0.212. The van der Waals surface area contributed by atoms with Crippen LogP contribution < -0.4 is 5.32 Å². The molecule has 1 aliphatic heterocycles. The zero-order valence-electron chi connectivity index (χ0n) is 11.9. The van der Waals surface area contributed by atoms with E-state index in [1.54, 1.807) is 0 Å². The summed E-state index contributed by atoms with van der Waals surface area (Å²) in [6.07, 6.45) is 5.01. The molecule has 0 aromatic rings. The van der Waals surface area contributed by atoms with E-state index in [0.717, 1.165) is 19.6 Å². The molecular weight excluding hydrogens is 228 g/mol. The van der Waals surface area contributed by atoms with Gasteiger partial charge >= 0.3 is 0 Å². The minimum absolute atomic E-state index is 0.212. The second-order valence-electron chi connectivity index (χ2n) is 5.04. The van der Waals surface area contributed by atoms with E-state index in [-0.39, 0.29) is 5.91 Å². The van der Waals surface area contributed by atoms with Crippen molar-refractivity contribution in [2.45, 2.75) is 39.5 Å². The Morgan fingerprint density at radius 2 is 2.06 bits per heavy atom. The van der Waals surface area contributed by atoms with Crippen molar-refractivity contribution in [3.8, 4) is 0 Å². The lowest BCUT2D eigenvalue weighted by molar-refractivity contribution is -0.134. The summed E-state index contributed by atoms with van der Waals surface area (Å²) < 4.78 is 5.24. The van der Waals surface area contributed by atoms with Gasteiger partial charge in [0.05, 0.1) is 19.8 Å². The number of nitrogens with zero attached hydrogens (tertiary/aromatic N) is 1. The zero-order chi connectivity index (χ0) is 13.2. The summed E-state index contributed by atoms with van der Waals surface area (Å²) in [5, 5.41) is 3.31. The summed E-state index contributed by atoms with van der Waals surface area (Å²) in [7, 11) is 0. The van der Waals surface area contributed by atoms with E-state index in [1.165, 1.54) is 25.7 Å². The zero-order valence-corrected chi connectivity index (χ0v) is 11.9. The fourth-order valence-corrected chi connectivity index (χ4v) is 2.25. The van der Waals surface area contributed by atoms with Crippen LogP contribution in [-0.2, 0) is 9.53 Å². The van der Waals surface area contributed by atoms with Gasteiger partial charge in [0.1, 0.15) is 0 Å². The summed E-state index contributed by atoms with van der Waals surface area (Å²) in [6, 6.07) is 0. The third-order valence-electron chi connectivity index (χ3n) is 3.62. The summed E-state index contributed by atoms with van der Waals surface area (Å²) in [6.45, 7) is 8.74. The fourth-order valence-electron chi connectivity index (χ4n) is 2.25. The smallest absolute Gasteiger partial charge is 0.236 e. The quantitative estimate of drug-likeness (QED) is 0.718. The molecule has 0 bridgehead atoms. The lowest BCUT2D eigenvalue weighted by atomic mass is 9.99. The number of unbranched alkanes of at least 4 members (excludes halogenated alkanes) is 1. The topological polar surface area (TPSA) is 41.6 Å². The maximum atomic E-state index is 11.9. The van der Waals surface area contributed by atoms with Gasteiger partial charge in [-0.3, -0.25) is 4.79 Å². The normalized spacial score (nSPS) is 17.8. The van der Waals surface area contributed by atoms with Gasteiger partial charge in [0.25, 0.3) is 0 Å². The number of carbonyl (C=O) groups excluding carboxylic acids is 1. The van der Waals surface area contributed by atoms with Gasteiger partial charge in [0.2, 0.25) is 5.91 Å². The van der Waals surface area contributed by atoms with Gasteiger partial charge in [-0.15, -0.1) is 0 Å². The maximum absolute atomic E-state index is 11.9. The average molecular weight is 256 g/mol. The Bertz CT molecular complexity index is 228. The molecule has 1 fully saturated rings. The largest absolute Gasteiger partial charge is 0.378 e. The first kappa shape index (κ1) is 15.4. The van der Waals surface area contributed by atoms with Crippen LogP contribution in [0.15, 0.2) is 0 Å². The first-order valence-corrected chi connectivity index (χ1v) is 7.34. The van der Waals surface area contributed by atoms with Crippen molar-refractivity contribution in [2.24, 2.45) is 5.92 Å². The minimum Gasteiger partial charge on any atom is -0.378 e. The predicted molar refractivity (Wildman–Crippen MR) is 73.6 cm³/mol. The van der Waals surface area contributed by atoms with Gasteiger partial charge in [-0.25, -0.2) is 0 Å². The Kier molecular flexibility index (Phi) is 8.01. The molecule has 0 aliphatic carbocycles. The predicted octanol–water partition coefficient (Wildman–Crippen LogP) is 1.65. The molecule has 18 heavy (non-hydrogen) atoms. The molecule has 4 nitrogen and oxygen atoms in total. The van der Waals surface area contributed by atoms with E-state index >= 15 is 0 Å². The standard InChI is InChI=1S/C14H28N2O2/c1-3-5-6-13(4-2)11-15-12-14(17)16-7-9-18-10-8-16/h13,15H,3-12H2,1-2H3. The molecule has 4 heteroatoms. The third kappa shape index (κ3) is 5.83. The number of nitrogens with one attached hydrogen (secondary N) is 1. The van der Waals surface area contributed by atoms with Crippen LogP contribution in [0.25, 0.3) is 0 Å². The molecule has 0 saturated carbocycles. The van der Waals surface area contributed by atoms with Crippen molar-refractivity contribution in [1.29, 1.82) is 0 Å². The molecule has 1 amide bonds. The highest BCUT2D eigenvalue weighted by molar-refractivity contribution is 5.78. The summed E-state index contributed by atoms with van der Waals surface area (Å²) >= 11 is 0. The van der Waals surface area contributed by atoms with Crippen LogP contribution in [0.2, 0.25) is 0 Å². The first-order valence-electron chi connectivity index (χ1n) is 7.34. The van der Waals surface area contributed by atoms with Crippen molar-refractivity contribution >= 4 is 5.91 Å². The second kappa shape index (κ2) is 9.34. The summed E-state index contributed by atoms with van der Waals surface area (Å²) in [4.78, 5) is 13.8. The molecular formula is C14H28N2O2. The Morgan fingerprint density at radius 1 is 1.33 bits per heavy atom. The van der Waals surface area contributed by atoms with Gasteiger partial charge in [-0.05, 0) is 18.9 Å². The highest BCUT2D eigenvalue weighted by atomic mass is 16.5. The van der Waals surface area contributed by atoms with Crippen LogP contribution in [0.3, 0.4) is 0 Å². The Morgan fingerprint density at radius 3 is 2.67 bits per heavy atom. The van der Waals surface area contributed by atoms with E-state index in [2.05, 4.69) is 19.2 Å². The van der Waals surface area contributed by atoms with Crippen LogP contribution in [0.4, 0.5) is 0 Å². The van der Waals surface area contributed by atoms with Crippen molar-refractivity contribution in [3.05, 3.63) is 0 Å². The molecule has 0 aromatic carbocycles. The highest BCUT2D eigenvalue weighted by Gasteiger charge is 2.16. The van der Waals surface area contributed by atoms with Crippen LogP contribution in [-0.4, -0.2) is 50.2 Å². The van der Waals surface area contributed by atoms with E-state index in [1.807, 2.05) is 4.90 Å². The molecule has 0 radical (unpaired) electrons.